The standard InChI is InChI=1S/2CH2O3.K.Li.Na/c2*2-1(3)4;;;/h2*(H2,2,3,4);;;/q;;3*+1/p-3. The van der Waals surface area contributed by atoms with Gasteiger partial charge in [-0.2, -0.15) is 0 Å². The van der Waals surface area contributed by atoms with Gasteiger partial charge in [0.25, 0.3) is 0 Å². The van der Waals surface area contributed by atoms with Crippen LogP contribution in [0.25, 0.3) is 0 Å². The van der Waals surface area contributed by atoms with Crippen molar-refractivity contribution in [1.29, 1.82) is 0 Å². The molecule has 0 heterocycles. The van der Waals surface area contributed by atoms with Gasteiger partial charge in [-0.15, -0.1) is 0 Å². The van der Waals surface area contributed by atoms with Gasteiger partial charge in [0.05, 0.1) is 0 Å². The Morgan fingerprint density at radius 1 is 1.09 bits per heavy atom. The molecular formula is C2HKLiNaO6. The van der Waals surface area contributed by atoms with Crippen molar-refractivity contribution in [2.45, 2.75) is 0 Å². The molecule has 0 aliphatic heterocycles. The molecule has 0 fully saturated rings. The minimum atomic E-state index is -2.33. The second kappa shape index (κ2) is 22.6. The van der Waals surface area contributed by atoms with Crippen molar-refractivity contribution in [3.63, 3.8) is 0 Å². The molecule has 0 saturated heterocycles. The molecule has 6 nitrogen and oxygen atoms in total. The summed E-state index contributed by atoms with van der Waals surface area (Å²) in [6.45, 7) is 0. The van der Waals surface area contributed by atoms with Gasteiger partial charge in [-0.3, -0.25) is 0 Å². The van der Waals surface area contributed by atoms with Crippen molar-refractivity contribution in [3.8, 4) is 0 Å². The monoisotopic (exact) mass is 190 g/mol. The van der Waals surface area contributed by atoms with Crippen LogP contribution < -0.4 is 115 Å². The minimum absolute atomic E-state index is 0. The van der Waals surface area contributed by atoms with Crippen molar-refractivity contribution in [3.05, 3.63) is 0 Å². The number of hydrogen-bond acceptors (Lipinski definition) is 5. The smallest absolute Gasteiger partial charge is 0.652 e. The molecule has 0 atom stereocenters. The second-order valence-electron chi connectivity index (χ2n) is 0.516. The van der Waals surface area contributed by atoms with Gasteiger partial charge in [0, 0.05) is 0 Å². The molecule has 0 saturated carbocycles. The molecule has 1 N–H and O–H groups in total. The van der Waals surface area contributed by atoms with Gasteiger partial charge >= 0.3 is 99.8 Å². The molecule has 0 spiro atoms. The van der Waals surface area contributed by atoms with E-state index in [-0.39, 0.29) is 99.8 Å². The van der Waals surface area contributed by atoms with Crippen LogP contribution in [0.3, 0.4) is 0 Å². The van der Waals surface area contributed by atoms with E-state index in [4.69, 9.17) is 30.0 Å². The third kappa shape index (κ3) is 357. The van der Waals surface area contributed by atoms with E-state index in [1.165, 1.54) is 0 Å². The Balaban J connectivity index is -0.0000000171. The van der Waals surface area contributed by atoms with Gasteiger partial charge in [-0.05, 0) is 6.16 Å². The van der Waals surface area contributed by atoms with E-state index >= 15 is 0 Å². The van der Waals surface area contributed by atoms with Crippen LogP contribution in [0.4, 0.5) is 9.59 Å². The van der Waals surface area contributed by atoms with Gasteiger partial charge < -0.3 is 30.0 Å². The summed E-state index contributed by atoms with van der Waals surface area (Å²) in [6.07, 6.45) is -4.42. The predicted octanol–water partition coefficient (Wildman–Crippen LogP) is -12.5. The van der Waals surface area contributed by atoms with Crippen LogP contribution >= 0.6 is 0 Å². The molecule has 0 radical (unpaired) electrons. The molecule has 0 bridgehead atoms. The Labute approximate surface area is 139 Å². The Bertz CT molecular complexity index is 78.6. The Morgan fingerprint density at radius 2 is 1.09 bits per heavy atom. The van der Waals surface area contributed by atoms with Gasteiger partial charge in [0.15, 0.2) is 0 Å². The molecular weight excluding hydrogens is 189 g/mol. The third-order valence-electron chi connectivity index (χ3n) is 0. The molecule has 0 aromatic carbocycles. The van der Waals surface area contributed by atoms with Crippen molar-refractivity contribution < 1.29 is 130 Å². The fraction of sp³-hybridized carbons (Fsp3) is 0. The first-order chi connectivity index (χ1) is 3.46. The van der Waals surface area contributed by atoms with Gasteiger partial charge in [-0.25, -0.2) is 0 Å². The van der Waals surface area contributed by atoms with Crippen LogP contribution in [0.1, 0.15) is 0 Å². The molecule has 0 aromatic rings. The quantitative estimate of drug-likeness (QED) is 0.378. The summed E-state index contributed by atoms with van der Waals surface area (Å²) in [5.41, 5.74) is 0. The molecule has 9 heteroatoms. The SMILES string of the molecule is O=C([O-])O.O=C([O-])[O-].[K+].[Li+].[Na+]. The van der Waals surface area contributed by atoms with Gasteiger partial charge in [-0.1, -0.05) is 0 Å². The normalized spacial score (nSPS) is 4.36. The van der Waals surface area contributed by atoms with Crippen LogP contribution in [-0.4, -0.2) is 17.4 Å². The fourth-order valence-corrected chi connectivity index (χ4v) is 0. The summed E-state index contributed by atoms with van der Waals surface area (Å²) in [4.78, 5) is 16.8. The Kier molecular flexibility index (Phi) is 60.2. The first kappa shape index (κ1) is 29.3. The van der Waals surface area contributed by atoms with E-state index in [2.05, 4.69) is 0 Å². The van der Waals surface area contributed by atoms with E-state index < -0.39 is 12.3 Å². The van der Waals surface area contributed by atoms with Gasteiger partial charge in [0.2, 0.25) is 6.16 Å². The van der Waals surface area contributed by atoms with Crippen LogP contribution in [0.15, 0.2) is 0 Å². The summed E-state index contributed by atoms with van der Waals surface area (Å²) >= 11 is 0. The Hall–Kier alpha value is 1.77. The topological polar surface area (TPSA) is 124 Å². The third-order valence-corrected chi connectivity index (χ3v) is 0. The van der Waals surface area contributed by atoms with E-state index in [9.17, 15) is 0 Å². The first-order valence-electron chi connectivity index (χ1n) is 1.24. The van der Waals surface area contributed by atoms with E-state index in [0.717, 1.165) is 0 Å². The maximum atomic E-state index is 8.44. The zero-order valence-electron chi connectivity index (χ0n) is 6.49. The Morgan fingerprint density at radius 3 is 1.09 bits per heavy atom. The average molecular weight is 190 g/mol. The van der Waals surface area contributed by atoms with E-state index in [0.29, 0.717) is 0 Å². The second-order valence-corrected chi connectivity index (χ2v) is 0.516. The minimum Gasteiger partial charge on any atom is -0.652 e. The number of hydrogen-bond donors (Lipinski definition) is 1. The van der Waals surface area contributed by atoms with Crippen molar-refractivity contribution >= 4 is 12.3 Å². The average Bonchev–Trinajstić information content (AvgIpc) is 1.25. The molecule has 11 heavy (non-hydrogen) atoms. The van der Waals surface area contributed by atoms with Crippen LogP contribution in [0.5, 0.6) is 0 Å². The van der Waals surface area contributed by atoms with E-state index in [1.54, 1.807) is 0 Å². The molecule has 48 valence electrons. The number of carboxylic acid groups (broad SMARTS) is 4. The first-order valence-corrected chi connectivity index (χ1v) is 1.24. The molecule has 0 aromatic heterocycles. The summed E-state index contributed by atoms with van der Waals surface area (Å²) in [5.74, 6) is 0. The van der Waals surface area contributed by atoms with Crippen molar-refractivity contribution in [1.82, 2.24) is 0 Å². The number of carbonyl (C=O) groups excluding carboxylic acids is 1. The summed E-state index contributed by atoms with van der Waals surface area (Å²) < 4.78 is 0. The summed E-state index contributed by atoms with van der Waals surface area (Å²) in [6, 6.07) is 0. The molecule has 0 unspecified atom stereocenters. The van der Waals surface area contributed by atoms with Crippen molar-refractivity contribution in [2.24, 2.45) is 0 Å². The number of carbonyl (C=O) groups is 2. The van der Waals surface area contributed by atoms with Crippen LogP contribution in [0.2, 0.25) is 0 Å². The van der Waals surface area contributed by atoms with Crippen molar-refractivity contribution in [2.75, 3.05) is 0 Å². The van der Waals surface area contributed by atoms with Crippen LogP contribution in [-0.2, 0) is 0 Å². The fourth-order valence-electron chi connectivity index (χ4n) is 0. The predicted molar refractivity (Wildman–Crippen MR) is 13.4 cm³/mol. The zero-order chi connectivity index (χ0) is 7.15. The maximum Gasteiger partial charge on any atom is 1.00 e. The zero-order valence-corrected chi connectivity index (χ0v) is 11.6. The molecule has 0 aliphatic rings. The maximum absolute atomic E-state index is 8.44. The summed E-state index contributed by atoms with van der Waals surface area (Å²) in [7, 11) is 0. The summed E-state index contributed by atoms with van der Waals surface area (Å²) in [5, 5.41) is 32.0. The molecule has 0 aliphatic carbocycles. The van der Waals surface area contributed by atoms with E-state index in [1.807, 2.05) is 0 Å². The largest absolute Gasteiger partial charge is 1.00 e. The number of rotatable bonds is 0. The van der Waals surface area contributed by atoms with Crippen LogP contribution in [0, 0.1) is 0 Å². The molecule has 0 amide bonds. The van der Waals surface area contributed by atoms with Gasteiger partial charge in [0.1, 0.15) is 0 Å². The molecule has 0 rings (SSSR count).